The van der Waals surface area contributed by atoms with E-state index in [0.29, 0.717) is 6.42 Å². The van der Waals surface area contributed by atoms with E-state index in [2.05, 4.69) is 5.48 Å². The van der Waals surface area contributed by atoms with Crippen LogP contribution in [0.25, 0.3) is 0 Å². The molecule has 0 amide bonds. The van der Waals surface area contributed by atoms with Crippen LogP contribution < -0.4 is 5.48 Å². The molecule has 0 heterocycles. The molecule has 0 aliphatic carbocycles. The minimum Gasteiger partial charge on any atom is -0.305 e. The van der Waals surface area contributed by atoms with Crippen molar-refractivity contribution >= 4 is 5.78 Å². The highest BCUT2D eigenvalue weighted by Crippen LogP contribution is 2.16. The minimum atomic E-state index is -0.0568. The smallest absolute Gasteiger partial charge is 0.131 e. The van der Waals surface area contributed by atoms with Crippen molar-refractivity contribution in [3.63, 3.8) is 0 Å². The van der Waals surface area contributed by atoms with Crippen molar-refractivity contribution in [2.75, 3.05) is 7.11 Å². The minimum absolute atomic E-state index is 0.0568. The number of hydrogen-bond donors (Lipinski definition) is 1. The van der Waals surface area contributed by atoms with Crippen LogP contribution in [0.15, 0.2) is 30.3 Å². The van der Waals surface area contributed by atoms with E-state index in [1.165, 1.54) is 0 Å². The van der Waals surface area contributed by atoms with E-state index < -0.39 is 0 Å². The van der Waals surface area contributed by atoms with Gasteiger partial charge in [-0.1, -0.05) is 30.3 Å². The molecule has 0 aliphatic rings. The van der Waals surface area contributed by atoms with Gasteiger partial charge in [-0.15, -0.1) is 0 Å². The topological polar surface area (TPSA) is 38.3 Å². The normalized spacial score (nSPS) is 12.4. The third-order valence-corrected chi connectivity index (χ3v) is 1.95. The maximum atomic E-state index is 11.0. The Labute approximate surface area is 84.0 Å². The Morgan fingerprint density at radius 3 is 2.57 bits per heavy atom. The summed E-state index contributed by atoms with van der Waals surface area (Å²) in [4.78, 5) is 15.9. The number of rotatable bonds is 5. The fourth-order valence-electron chi connectivity index (χ4n) is 1.34. The molecule has 0 spiro atoms. The first-order valence-electron chi connectivity index (χ1n) is 4.57. The Hall–Kier alpha value is -1.19. The molecule has 3 heteroatoms. The van der Waals surface area contributed by atoms with Crippen LogP contribution >= 0.6 is 0 Å². The van der Waals surface area contributed by atoms with Gasteiger partial charge in [-0.2, -0.15) is 5.48 Å². The molecule has 0 bridgehead atoms. The first-order valence-corrected chi connectivity index (χ1v) is 4.57. The molecule has 1 N–H and O–H groups in total. The molecule has 0 radical (unpaired) electrons. The van der Waals surface area contributed by atoms with Crippen molar-refractivity contribution in [2.24, 2.45) is 0 Å². The molecule has 0 saturated heterocycles. The van der Waals surface area contributed by atoms with Gasteiger partial charge >= 0.3 is 0 Å². The van der Waals surface area contributed by atoms with Gasteiger partial charge in [-0.3, -0.25) is 4.79 Å². The molecule has 1 rings (SSSR count). The average molecular weight is 193 g/mol. The van der Waals surface area contributed by atoms with Gasteiger partial charge in [0.05, 0.1) is 13.2 Å². The van der Waals surface area contributed by atoms with E-state index in [-0.39, 0.29) is 11.8 Å². The van der Waals surface area contributed by atoms with Crippen LogP contribution in [0.5, 0.6) is 0 Å². The molecule has 1 aromatic rings. The van der Waals surface area contributed by atoms with Crippen molar-refractivity contribution < 1.29 is 9.63 Å². The summed E-state index contributed by atoms with van der Waals surface area (Å²) in [6.45, 7) is 1.58. The van der Waals surface area contributed by atoms with E-state index >= 15 is 0 Å². The molecule has 0 unspecified atom stereocenters. The highest BCUT2D eigenvalue weighted by atomic mass is 16.6. The zero-order chi connectivity index (χ0) is 10.4. The summed E-state index contributed by atoms with van der Waals surface area (Å²) in [7, 11) is 1.55. The van der Waals surface area contributed by atoms with Gasteiger partial charge in [0.2, 0.25) is 0 Å². The monoisotopic (exact) mass is 193 g/mol. The number of carbonyl (C=O) groups excluding carboxylic acids is 1. The van der Waals surface area contributed by atoms with Gasteiger partial charge in [0.1, 0.15) is 5.78 Å². The van der Waals surface area contributed by atoms with E-state index in [1.807, 2.05) is 30.3 Å². The number of Topliss-reactive ketones (excluding diaryl/α,β-unsaturated/α-hetero) is 1. The summed E-state index contributed by atoms with van der Waals surface area (Å²) in [5.74, 6) is 0.142. The van der Waals surface area contributed by atoms with E-state index in [0.717, 1.165) is 5.56 Å². The molecule has 0 fully saturated rings. The van der Waals surface area contributed by atoms with Crippen LogP contribution in [-0.4, -0.2) is 12.9 Å². The summed E-state index contributed by atoms with van der Waals surface area (Å²) in [6, 6.07) is 9.72. The van der Waals surface area contributed by atoms with Crippen LogP contribution in [-0.2, 0) is 9.63 Å². The number of carbonyl (C=O) groups is 1. The van der Waals surface area contributed by atoms with Crippen molar-refractivity contribution in [3.05, 3.63) is 35.9 Å². The number of ketones is 1. The second kappa shape index (κ2) is 5.52. The molecular weight excluding hydrogens is 178 g/mol. The SMILES string of the molecule is CON[C@@H](CC(C)=O)c1ccccc1. The fraction of sp³-hybridized carbons (Fsp3) is 0.364. The maximum Gasteiger partial charge on any atom is 0.131 e. The van der Waals surface area contributed by atoms with Crippen molar-refractivity contribution in [3.8, 4) is 0 Å². The van der Waals surface area contributed by atoms with Gasteiger partial charge in [0.25, 0.3) is 0 Å². The second-order valence-electron chi connectivity index (χ2n) is 3.19. The Morgan fingerprint density at radius 1 is 1.43 bits per heavy atom. The average Bonchev–Trinajstić information content (AvgIpc) is 2.18. The van der Waals surface area contributed by atoms with Crippen LogP contribution in [0.2, 0.25) is 0 Å². The molecule has 1 aromatic carbocycles. The van der Waals surface area contributed by atoms with Gasteiger partial charge in [-0.25, -0.2) is 0 Å². The second-order valence-corrected chi connectivity index (χ2v) is 3.19. The largest absolute Gasteiger partial charge is 0.305 e. The molecule has 0 saturated carbocycles. The van der Waals surface area contributed by atoms with Gasteiger partial charge in [-0.05, 0) is 12.5 Å². The van der Waals surface area contributed by atoms with Crippen molar-refractivity contribution in [1.29, 1.82) is 0 Å². The number of hydrogen-bond acceptors (Lipinski definition) is 3. The number of benzene rings is 1. The fourth-order valence-corrected chi connectivity index (χ4v) is 1.34. The summed E-state index contributed by atoms with van der Waals surface area (Å²) in [5, 5.41) is 0. The van der Waals surface area contributed by atoms with Gasteiger partial charge in [0, 0.05) is 6.42 Å². The molecule has 76 valence electrons. The molecule has 3 nitrogen and oxygen atoms in total. The Kier molecular flexibility index (Phi) is 4.29. The first kappa shape index (κ1) is 10.9. The zero-order valence-corrected chi connectivity index (χ0v) is 8.49. The highest BCUT2D eigenvalue weighted by molar-refractivity contribution is 5.76. The standard InChI is InChI=1S/C11H15NO2/c1-9(13)8-11(12-14-2)10-6-4-3-5-7-10/h3-7,11-12H,8H2,1-2H3/t11-/m0/s1. The molecule has 14 heavy (non-hydrogen) atoms. The summed E-state index contributed by atoms with van der Waals surface area (Å²) < 4.78 is 0. The Bertz CT molecular complexity index is 285. The number of nitrogens with one attached hydrogen (secondary N) is 1. The van der Waals surface area contributed by atoms with E-state index in [1.54, 1.807) is 14.0 Å². The van der Waals surface area contributed by atoms with Crippen LogP contribution in [0, 0.1) is 0 Å². The lowest BCUT2D eigenvalue weighted by Gasteiger charge is -2.15. The quantitative estimate of drug-likeness (QED) is 0.725. The predicted molar refractivity (Wildman–Crippen MR) is 54.6 cm³/mol. The first-order chi connectivity index (χ1) is 6.74. The van der Waals surface area contributed by atoms with Crippen molar-refractivity contribution in [1.82, 2.24) is 5.48 Å². The Morgan fingerprint density at radius 2 is 2.07 bits per heavy atom. The molecule has 0 aliphatic heterocycles. The van der Waals surface area contributed by atoms with E-state index in [9.17, 15) is 4.79 Å². The molecule has 0 aromatic heterocycles. The molecule has 1 atom stereocenters. The third kappa shape index (κ3) is 3.28. The lowest BCUT2D eigenvalue weighted by molar-refractivity contribution is -0.118. The predicted octanol–water partition coefficient (Wildman–Crippen LogP) is 1.86. The lowest BCUT2D eigenvalue weighted by atomic mass is 10.0. The van der Waals surface area contributed by atoms with Gasteiger partial charge in [0.15, 0.2) is 0 Å². The van der Waals surface area contributed by atoms with E-state index in [4.69, 9.17) is 4.84 Å². The zero-order valence-electron chi connectivity index (χ0n) is 8.49. The summed E-state index contributed by atoms with van der Waals surface area (Å²) in [6.07, 6.45) is 0.442. The Balaban J connectivity index is 2.72. The summed E-state index contributed by atoms with van der Waals surface area (Å²) >= 11 is 0. The van der Waals surface area contributed by atoms with Crippen LogP contribution in [0.3, 0.4) is 0 Å². The maximum absolute atomic E-state index is 11.0. The highest BCUT2D eigenvalue weighted by Gasteiger charge is 2.12. The summed E-state index contributed by atoms with van der Waals surface area (Å²) in [5.41, 5.74) is 3.87. The van der Waals surface area contributed by atoms with Gasteiger partial charge < -0.3 is 4.84 Å². The lowest BCUT2D eigenvalue weighted by Crippen LogP contribution is -2.22. The van der Waals surface area contributed by atoms with Crippen LogP contribution in [0.1, 0.15) is 24.9 Å². The van der Waals surface area contributed by atoms with Crippen molar-refractivity contribution in [2.45, 2.75) is 19.4 Å². The number of hydroxylamine groups is 1. The van der Waals surface area contributed by atoms with Crippen LogP contribution in [0.4, 0.5) is 0 Å². The molecular formula is C11H15NO2. The third-order valence-electron chi connectivity index (χ3n) is 1.95.